The molecule has 0 aliphatic heterocycles. The van der Waals surface area contributed by atoms with Gasteiger partial charge in [-0.3, -0.25) is 9.59 Å². The molecule has 7 nitrogen and oxygen atoms in total. The zero-order chi connectivity index (χ0) is 20.4. The molecule has 3 aromatic heterocycles. The summed E-state index contributed by atoms with van der Waals surface area (Å²) in [6.07, 6.45) is 2.14. The number of rotatable bonds is 6. The van der Waals surface area contributed by atoms with E-state index in [1.54, 1.807) is 29.5 Å². The van der Waals surface area contributed by atoms with E-state index in [4.69, 9.17) is 0 Å². The number of hydrogen-bond acceptors (Lipinski definition) is 4. The fourth-order valence-corrected chi connectivity index (χ4v) is 3.85. The lowest BCUT2D eigenvalue weighted by molar-refractivity contribution is -0.121. The number of carbonyl (C=O) groups is 1. The number of fused-ring (bicyclic) bond motifs is 1. The Hall–Kier alpha value is -3.46. The first-order valence-corrected chi connectivity index (χ1v) is 9.80. The second kappa shape index (κ2) is 7.88. The molecule has 0 saturated carbocycles. The van der Waals surface area contributed by atoms with Crippen molar-refractivity contribution in [2.75, 3.05) is 6.54 Å². The number of amides is 1. The van der Waals surface area contributed by atoms with Crippen LogP contribution in [-0.2, 0) is 17.8 Å². The Labute approximate surface area is 167 Å². The van der Waals surface area contributed by atoms with Crippen LogP contribution in [0.5, 0.6) is 0 Å². The summed E-state index contributed by atoms with van der Waals surface area (Å²) in [5.74, 6) is -0.905. The molecule has 9 heteroatoms. The minimum atomic E-state index is -0.729. The third-order valence-electron chi connectivity index (χ3n) is 4.56. The minimum absolute atomic E-state index is 0.106. The standard InChI is InChI=1S/C20H17FN4O3S/c21-15-6-2-1-5-13(15)14-10-23-18-17(14)24-20(28)25(19(18)27)11-16(26)22-8-7-12-4-3-9-29-12/h1-6,9-10,23H,7-8,11H2,(H,22,26)(H,24,28). The number of nitrogens with one attached hydrogen (secondary N) is 3. The Morgan fingerprint density at radius 2 is 1.93 bits per heavy atom. The molecule has 0 aliphatic carbocycles. The third-order valence-corrected chi connectivity index (χ3v) is 5.49. The van der Waals surface area contributed by atoms with Crippen LogP contribution in [0.3, 0.4) is 0 Å². The second-order valence-electron chi connectivity index (χ2n) is 6.43. The Morgan fingerprint density at radius 1 is 1.10 bits per heavy atom. The highest BCUT2D eigenvalue weighted by molar-refractivity contribution is 7.09. The predicted octanol–water partition coefficient (Wildman–Crippen LogP) is 2.24. The molecule has 148 valence electrons. The minimum Gasteiger partial charge on any atom is -0.355 e. The lowest BCUT2D eigenvalue weighted by Crippen LogP contribution is -2.41. The van der Waals surface area contributed by atoms with Gasteiger partial charge in [-0.1, -0.05) is 24.3 Å². The van der Waals surface area contributed by atoms with Crippen molar-refractivity contribution in [1.82, 2.24) is 19.9 Å². The summed E-state index contributed by atoms with van der Waals surface area (Å²) < 4.78 is 14.9. The number of carbonyl (C=O) groups excluding carboxylic acids is 1. The summed E-state index contributed by atoms with van der Waals surface area (Å²) in [5, 5.41) is 4.66. The van der Waals surface area contributed by atoms with E-state index in [1.807, 2.05) is 17.5 Å². The predicted molar refractivity (Wildman–Crippen MR) is 110 cm³/mol. The molecule has 0 fully saturated rings. The molecule has 0 aliphatic rings. The molecule has 0 saturated heterocycles. The topological polar surface area (TPSA) is 99.8 Å². The molecule has 0 radical (unpaired) electrons. The summed E-state index contributed by atoms with van der Waals surface area (Å²) in [4.78, 5) is 43.8. The quantitative estimate of drug-likeness (QED) is 0.453. The molecule has 29 heavy (non-hydrogen) atoms. The second-order valence-corrected chi connectivity index (χ2v) is 7.47. The lowest BCUT2D eigenvalue weighted by atomic mass is 10.1. The number of aromatic nitrogens is 3. The highest BCUT2D eigenvalue weighted by atomic mass is 32.1. The molecule has 0 unspecified atom stereocenters. The maximum atomic E-state index is 14.1. The van der Waals surface area contributed by atoms with E-state index >= 15 is 0 Å². The van der Waals surface area contributed by atoms with Crippen molar-refractivity contribution in [1.29, 1.82) is 0 Å². The number of hydrogen-bond donors (Lipinski definition) is 3. The molecular weight excluding hydrogens is 395 g/mol. The van der Waals surface area contributed by atoms with Crippen LogP contribution in [0.15, 0.2) is 57.6 Å². The van der Waals surface area contributed by atoms with Gasteiger partial charge in [0, 0.05) is 28.7 Å². The van der Waals surface area contributed by atoms with Gasteiger partial charge in [-0.15, -0.1) is 11.3 Å². The number of benzene rings is 1. The van der Waals surface area contributed by atoms with Crippen LogP contribution in [0.25, 0.3) is 22.2 Å². The summed E-state index contributed by atoms with van der Waals surface area (Å²) in [6.45, 7) is 0.0107. The largest absolute Gasteiger partial charge is 0.355 e. The van der Waals surface area contributed by atoms with Crippen LogP contribution in [0.1, 0.15) is 4.88 Å². The third kappa shape index (κ3) is 3.77. The summed E-state index contributed by atoms with van der Waals surface area (Å²) in [5.41, 5.74) is -0.417. The average molecular weight is 412 g/mol. The average Bonchev–Trinajstić information content (AvgIpc) is 3.36. The number of nitrogens with zero attached hydrogens (tertiary/aromatic N) is 1. The molecule has 0 spiro atoms. The van der Waals surface area contributed by atoms with Crippen molar-refractivity contribution in [2.24, 2.45) is 0 Å². The SMILES string of the molecule is O=C(Cn1c(=O)[nH]c2c(-c3ccccc3F)c[nH]c2c1=O)NCCc1cccs1. The number of aromatic amines is 2. The monoisotopic (exact) mass is 412 g/mol. The van der Waals surface area contributed by atoms with Crippen molar-refractivity contribution in [2.45, 2.75) is 13.0 Å². The molecule has 1 amide bonds. The van der Waals surface area contributed by atoms with Crippen LogP contribution >= 0.6 is 11.3 Å². The highest BCUT2D eigenvalue weighted by Crippen LogP contribution is 2.27. The first kappa shape index (κ1) is 18.9. The maximum Gasteiger partial charge on any atom is 0.329 e. The van der Waals surface area contributed by atoms with Gasteiger partial charge in [0.25, 0.3) is 5.56 Å². The Balaban J connectivity index is 1.58. The summed E-state index contributed by atoms with van der Waals surface area (Å²) in [6, 6.07) is 9.98. The zero-order valence-electron chi connectivity index (χ0n) is 15.2. The molecule has 4 aromatic rings. The molecule has 3 N–H and O–H groups in total. The van der Waals surface area contributed by atoms with Gasteiger partial charge in [-0.25, -0.2) is 13.8 Å². The van der Waals surface area contributed by atoms with E-state index < -0.39 is 29.5 Å². The fraction of sp³-hybridized carbons (Fsp3) is 0.150. The Morgan fingerprint density at radius 3 is 2.69 bits per heavy atom. The van der Waals surface area contributed by atoms with E-state index in [0.29, 0.717) is 18.5 Å². The first-order chi connectivity index (χ1) is 14.0. The van der Waals surface area contributed by atoms with Crippen LogP contribution in [-0.4, -0.2) is 27.0 Å². The van der Waals surface area contributed by atoms with Gasteiger partial charge < -0.3 is 15.3 Å². The van der Waals surface area contributed by atoms with Crippen molar-refractivity contribution < 1.29 is 9.18 Å². The number of halogens is 1. The maximum absolute atomic E-state index is 14.1. The van der Waals surface area contributed by atoms with Crippen molar-refractivity contribution in [3.8, 4) is 11.1 Å². The van der Waals surface area contributed by atoms with E-state index in [9.17, 15) is 18.8 Å². The van der Waals surface area contributed by atoms with Gasteiger partial charge in [0.1, 0.15) is 17.9 Å². The Kier molecular flexibility index (Phi) is 5.13. The van der Waals surface area contributed by atoms with Crippen molar-refractivity contribution in [3.05, 3.63) is 79.5 Å². The van der Waals surface area contributed by atoms with Gasteiger partial charge in [-0.2, -0.15) is 0 Å². The molecular formula is C20H17FN4O3S. The molecule has 0 atom stereocenters. The summed E-state index contributed by atoms with van der Waals surface area (Å²) >= 11 is 1.59. The van der Waals surface area contributed by atoms with Gasteiger partial charge in [0.2, 0.25) is 5.91 Å². The normalized spacial score (nSPS) is 11.1. The molecule has 1 aromatic carbocycles. The van der Waals surface area contributed by atoms with Gasteiger partial charge in [0.05, 0.1) is 5.52 Å². The van der Waals surface area contributed by atoms with Crippen molar-refractivity contribution in [3.63, 3.8) is 0 Å². The van der Waals surface area contributed by atoms with Crippen LogP contribution < -0.4 is 16.6 Å². The van der Waals surface area contributed by atoms with Crippen LogP contribution in [0, 0.1) is 5.82 Å². The van der Waals surface area contributed by atoms with Gasteiger partial charge in [-0.05, 0) is 23.9 Å². The lowest BCUT2D eigenvalue weighted by Gasteiger charge is -2.07. The fourth-order valence-electron chi connectivity index (χ4n) is 3.14. The van der Waals surface area contributed by atoms with E-state index in [0.717, 1.165) is 9.44 Å². The highest BCUT2D eigenvalue weighted by Gasteiger charge is 2.17. The first-order valence-electron chi connectivity index (χ1n) is 8.93. The van der Waals surface area contributed by atoms with E-state index in [1.165, 1.54) is 12.3 Å². The molecule has 4 rings (SSSR count). The number of H-pyrrole nitrogens is 2. The summed E-state index contributed by atoms with van der Waals surface area (Å²) in [7, 11) is 0. The smallest absolute Gasteiger partial charge is 0.329 e. The van der Waals surface area contributed by atoms with Gasteiger partial charge >= 0.3 is 5.69 Å². The zero-order valence-corrected chi connectivity index (χ0v) is 16.0. The van der Waals surface area contributed by atoms with E-state index in [2.05, 4.69) is 15.3 Å². The molecule has 0 bridgehead atoms. The van der Waals surface area contributed by atoms with E-state index in [-0.39, 0.29) is 16.6 Å². The van der Waals surface area contributed by atoms with Crippen molar-refractivity contribution >= 4 is 28.3 Å². The Bertz CT molecular complexity index is 1290. The van der Waals surface area contributed by atoms with Gasteiger partial charge in [0.15, 0.2) is 0 Å². The number of thiophene rings is 1. The van der Waals surface area contributed by atoms with Crippen LogP contribution in [0.4, 0.5) is 4.39 Å². The van der Waals surface area contributed by atoms with Crippen LogP contribution in [0.2, 0.25) is 0 Å². The molecule has 3 heterocycles.